The van der Waals surface area contributed by atoms with Crippen LogP contribution in [0.15, 0.2) is 66.6 Å². The number of carbonyl (C=O) groups is 2. The van der Waals surface area contributed by atoms with Crippen LogP contribution < -0.4 is 14.8 Å². The second-order valence-corrected chi connectivity index (χ2v) is 7.30. The molecule has 31 heavy (non-hydrogen) atoms. The molecule has 2 aromatic carbocycles. The molecule has 1 N–H and O–H groups in total. The molecule has 7 nitrogen and oxygen atoms in total. The molecule has 0 bridgehead atoms. The van der Waals surface area contributed by atoms with E-state index in [1.54, 1.807) is 55.0 Å². The first-order chi connectivity index (χ1) is 15.1. The highest BCUT2D eigenvalue weighted by Gasteiger charge is 2.13. The van der Waals surface area contributed by atoms with Crippen molar-refractivity contribution in [2.24, 2.45) is 0 Å². The molecular weight excluding hydrogens is 416 g/mol. The Morgan fingerprint density at radius 1 is 1.16 bits per heavy atom. The summed E-state index contributed by atoms with van der Waals surface area (Å²) < 4.78 is 15.9. The Bertz CT molecular complexity index is 1050. The third-order valence-corrected chi connectivity index (χ3v) is 5.00. The standard InChI is InChI=1S/C23H22N2O5S/c1-3-12-29-18-10-8-16(9-11-18)23(27)30-14-17-15-31-22(24-17)13-21(26)25-19-6-4-5-7-20(19)28-2/h3-11,15H,1,12-14H2,2H3,(H,25,26). The molecule has 8 heteroatoms. The summed E-state index contributed by atoms with van der Waals surface area (Å²) in [6.45, 7) is 4.01. The molecule has 1 aromatic heterocycles. The SMILES string of the molecule is C=CCOc1ccc(C(=O)OCc2csc(CC(=O)Nc3ccccc3OC)n2)cc1. The lowest BCUT2D eigenvalue weighted by molar-refractivity contribution is -0.115. The van der Waals surface area contributed by atoms with Gasteiger partial charge in [-0.2, -0.15) is 0 Å². The summed E-state index contributed by atoms with van der Waals surface area (Å²) in [4.78, 5) is 28.9. The topological polar surface area (TPSA) is 86.8 Å². The monoisotopic (exact) mass is 438 g/mol. The Balaban J connectivity index is 1.49. The van der Waals surface area contributed by atoms with Gasteiger partial charge in [0.25, 0.3) is 0 Å². The normalized spacial score (nSPS) is 10.2. The van der Waals surface area contributed by atoms with Crippen molar-refractivity contribution in [3.63, 3.8) is 0 Å². The van der Waals surface area contributed by atoms with Crippen LogP contribution in [-0.4, -0.2) is 30.6 Å². The number of aromatic nitrogens is 1. The zero-order valence-electron chi connectivity index (χ0n) is 17.0. The van der Waals surface area contributed by atoms with Crippen LogP contribution in [0.25, 0.3) is 0 Å². The number of nitrogens with zero attached hydrogens (tertiary/aromatic N) is 1. The average Bonchev–Trinajstić information content (AvgIpc) is 3.23. The van der Waals surface area contributed by atoms with Gasteiger partial charge in [-0.3, -0.25) is 4.79 Å². The van der Waals surface area contributed by atoms with Gasteiger partial charge in [0.2, 0.25) is 5.91 Å². The van der Waals surface area contributed by atoms with Crippen LogP contribution >= 0.6 is 11.3 Å². The first-order valence-electron chi connectivity index (χ1n) is 9.46. The molecule has 0 saturated carbocycles. The number of hydrogen-bond donors (Lipinski definition) is 1. The fraction of sp³-hybridized carbons (Fsp3) is 0.174. The molecule has 0 radical (unpaired) electrons. The fourth-order valence-corrected chi connectivity index (χ4v) is 3.42. The molecule has 0 fully saturated rings. The van der Waals surface area contributed by atoms with Gasteiger partial charge in [0, 0.05) is 5.38 Å². The van der Waals surface area contributed by atoms with E-state index in [-0.39, 0.29) is 18.9 Å². The summed E-state index contributed by atoms with van der Waals surface area (Å²) in [6.07, 6.45) is 1.76. The van der Waals surface area contributed by atoms with Gasteiger partial charge in [0.15, 0.2) is 0 Å². The quantitative estimate of drug-likeness (QED) is 0.376. The summed E-state index contributed by atoms with van der Waals surface area (Å²) in [5.74, 6) is 0.565. The minimum absolute atomic E-state index is 0.0260. The Morgan fingerprint density at radius 2 is 1.94 bits per heavy atom. The largest absolute Gasteiger partial charge is 0.495 e. The smallest absolute Gasteiger partial charge is 0.338 e. The van der Waals surface area contributed by atoms with Gasteiger partial charge in [-0.15, -0.1) is 11.3 Å². The van der Waals surface area contributed by atoms with Crippen LogP contribution in [0, 0.1) is 0 Å². The van der Waals surface area contributed by atoms with E-state index in [9.17, 15) is 9.59 Å². The number of anilines is 1. The Kier molecular flexibility index (Phi) is 7.78. The highest BCUT2D eigenvalue weighted by molar-refractivity contribution is 7.09. The van der Waals surface area contributed by atoms with Crippen LogP contribution in [0.3, 0.4) is 0 Å². The van der Waals surface area contributed by atoms with Gasteiger partial charge in [0.05, 0.1) is 30.5 Å². The van der Waals surface area contributed by atoms with Crippen molar-refractivity contribution in [1.82, 2.24) is 4.98 Å². The highest BCUT2D eigenvalue weighted by Crippen LogP contribution is 2.23. The molecule has 0 aliphatic heterocycles. The van der Waals surface area contributed by atoms with Gasteiger partial charge >= 0.3 is 5.97 Å². The van der Waals surface area contributed by atoms with E-state index < -0.39 is 5.97 Å². The van der Waals surface area contributed by atoms with E-state index >= 15 is 0 Å². The number of carbonyl (C=O) groups excluding carboxylic acids is 2. The molecule has 1 heterocycles. The molecule has 1 amide bonds. The lowest BCUT2D eigenvalue weighted by atomic mass is 10.2. The predicted molar refractivity (Wildman–Crippen MR) is 119 cm³/mol. The van der Waals surface area contributed by atoms with Crippen LogP contribution in [0.5, 0.6) is 11.5 Å². The molecule has 0 aliphatic rings. The second-order valence-electron chi connectivity index (χ2n) is 6.36. The van der Waals surface area contributed by atoms with Gasteiger partial charge in [-0.1, -0.05) is 24.8 Å². The van der Waals surface area contributed by atoms with Crippen molar-refractivity contribution in [1.29, 1.82) is 0 Å². The fourth-order valence-electron chi connectivity index (χ4n) is 2.64. The first-order valence-corrected chi connectivity index (χ1v) is 10.3. The Morgan fingerprint density at radius 3 is 2.68 bits per heavy atom. The van der Waals surface area contributed by atoms with Gasteiger partial charge in [0.1, 0.15) is 29.7 Å². The van der Waals surface area contributed by atoms with Gasteiger partial charge in [-0.05, 0) is 36.4 Å². The van der Waals surface area contributed by atoms with Crippen LogP contribution in [0.2, 0.25) is 0 Å². The third kappa shape index (κ3) is 6.42. The second kappa shape index (κ2) is 10.9. The van der Waals surface area contributed by atoms with Crippen LogP contribution in [0.1, 0.15) is 21.1 Å². The zero-order valence-corrected chi connectivity index (χ0v) is 17.8. The van der Waals surface area contributed by atoms with E-state index in [4.69, 9.17) is 14.2 Å². The van der Waals surface area contributed by atoms with E-state index in [0.717, 1.165) is 0 Å². The zero-order chi connectivity index (χ0) is 22.1. The number of rotatable bonds is 10. The van der Waals surface area contributed by atoms with Crippen molar-refractivity contribution < 1.29 is 23.8 Å². The Hall–Kier alpha value is -3.65. The lowest BCUT2D eigenvalue weighted by Crippen LogP contribution is -2.15. The number of amides is 1. The number of esters is 1. The van der Waals surface area contributed by atoms with Crippen molar-refractivity contribution in [2.45, 2.75) is 13.0 Å². The first kappa shape index (κ1) is 22.0. The summed E-state index contributed by atoms with van der Waals surface area (Å²) in [5, 5.41) is 5.21. The predicted octanol–water partition coefficient (Wildman–Crippen LogP) is 4.25. The number of para-hydroxylation sites is 2. The molecule has 0 saturated heterocycles. The van der Waals surface area contributed by atoms with Crippen molar-refractivity contribution in [3.8, 4) is 11.5 Å². The minimum atomic E-state index is -0.460. The summed E-state index contributed by atoms with van der Waals surface area (Å²) in [7, 11) is 1.55. The molecule has 0 atom stereocenters. The lowest BCUT2D eigenvalue weighted by Gasteiger charge is -2.08. The number of nitrogens with one attached hydrogen (secondary N) is 1. The number of benzene rings is 2. The molecule has 3 rings (SSSR count). The number of ether oxygens (including phenoxy) is 3. The van der Waals surface area contributed by atoms with Gasteiger partial charge < -0.3 is 19.5 Å². The van der Waals surface area contributed by atoms with E-state index in [2.05, 4.69) is 16.9 Å². The minimum Gasteiger partial charge on any atom is -0.495 e. The summed E-state index contributed by atoms with van der Waals surface area (Å²) in [6, 6.07) is 13.8. The van der Waals surface area contributed by atoms with E-state index in [0.29, 0.717) is 40.1 Å². The van der Waals surface area contributed by atoms with Crippen LogP contribution in [-0.2, 0) is 22.6 Å². The summed E-state index contributed by atoms with van der Waals surface area (Å²) >= 11 is 1.34. The molecular formula is C23H22N2O5S. The van der Waals surface area contributed by atoms with E-state index in [1.165, 1.54) is 11.3 Å². The molecule has 0 aliphatic carbocycles. The molecule has 0 unspecified atom stereocenters. The maximum Gasteiger partial charge on any atom is 0.338 e. The van der Waals surface area contributed by atoms with Crippen LogP contribution in [0.4, 0.5) is 5.69 Å². The van der Waals surface area contributed by atoms with E-state index in [1.807, 2.05) is 12.1 Å². The molecule has 3 aromatic rings. The summed E-state index contributed by atoms with van der Waals surface area (Å²) in [5.41, 5.74) is 1.60. The maximum atomic E-state index is 12.3. The van der Waals surface area contributed by atoms with Crippen molar-refractivity contribution >= 4 is 28.9 Å². The van der Waals surface area contributed by atoms with Gasteiger partial charge in [-0.25, -0.2) is 9.78 Å². The molecule has 160 valence electrons. The Labute approximate surface area is 184 Å². The number of methoxy groups -OCH3 is 1. The van der Waals surface area contributed by atoms with Crippen molar-refractivity contribution in [3.05, 3.63) is 82.8 Å². The number of hydrogen-bond acceptors (Lipinski definition) is 7. The highest BCUT2D eigenvalue weighted by atomic mass is 32.1. The number of thiazole rings is 1. The third-order valence-electron chi connectivity index (χ3n) is 4.10. The molecule has 0 spiro atoms. The maximum absolute atomic E-state index is 12.3. The average molecular weight is 439 g/mol. The van der Waals surface area contributed by atoms with Crippen molar-refractivity contribution in [2.75, 3.05) is 19.0 Å².